The van der Waals surface area contributed by atoms with Crippen LogP contribution in [-0.2, 0) is 26.5 Å². The van der Waals surface area contributed by atoms with Crippen LogP contribution in [0.5, 0.6) is 11.5 Å². The molecule has 13 rings (SSSR count). The largest absolute Gasteiger partial charge is 0.510 e. The predicted octanol–water partition coefficient (Wildman–Crippen LogP) is 14.3. The van der Waals surface area contributed by atoms with Crippen LogP contribution in [0.1, 0.15) is 26.3 Å². The number of rotatable bonds is 5. The molecule has 5 heterocycles. The average Bonchev–Trinajstić information content (AvgIpc) is 4.02. The Bertz CT molecular complexity index is 4140. The van der Waals surface area contributed by atoms with Crippen LogP contribution in [0.25, 0.3) is 99.1 Å². The van der Waals surface area contributed by atoms with E-state index in [0.29, 0.717) is 11.5 Å². The summed E-state index contributed by atoms with van der Waals surface area (Å²) < 4.78 is 15.8. The molecule has 0 amide bonds. The first-order chi connectivity index (χ1) is 32.4. The molecule has 5 aromatic heterocycles. The number of aromatic nitrogens is 5. The van der Waals surface area contributed by atoms with Crippen LogP contribution in [0.2, 0.25) is 0 Å². The van der Waals surface area contributed by atoms with Crippen molar-refractivity contribution in [1.29, 1.82) is 0 Å². The van der Waals surface area contributed by atoms with Gasteiger partial charge in [0.05, 0.1) is 16.6 Å². The first kappa shape index (κ1) is 40.7. The van der Waals surface area contributed by atoms with Crippen LogP contribution in [-0.4, -0.2) is 18.5 Å². The van der Waals surface area contributed by atoms with E-state index in [9.17, 15) is 0 Å². The Hall–Kier alpha value is -7.79. The molecule has 0 aliphatic carbocycles. The van der Waals surface area contributed by atoms with E-state index in [1.54, 1.807) is 0 Å². The number of para-hydroxylation sites is 4. The van der Waals surface area contributed by atoms with E-state index in [-0.39, 0.29) is 26.5 Å². The number of pyridine rings is 1. The molecule has 0 saturated carbocycles. The number of hydrogen-bond acceptors (Lipinski definition) is 2. The summed E-state index contributed by atoms with van der Waals surface area (Å²) in [6.45, 7) is 6.68. The van der Waals surface area contributed by atoms with E-state index in [1.165, 1.54) is 10.9 Å². The first-order valence-corrected chi connectivity index (χ1v) is 22.4. The minimum atomic E-state index is -0.0365. The second kappa shape index (κ2) is 15.7. The topological polar surface area (TPSA) is 40.5 Å². The fourth-order valence-corrected chi connectivity index (χ4v) is 10.0. The summed E-state index contributed by atoms with van der Waals surface area (Å²) in [6, 6.07) is 73.8. The smallest absolute Gasteiger partial charge is 0.196 e. The molecule has 8 aromatic carbocycles. The van der Waals surface area contributed by atoms with E-state index in [1.807, 2.05) is 24.4 Å². The Morgan fingerprint density at radius 1 is 0.537 bits per heavy atom. The van der Waals surface area contributed by atoms with Crippen molar-refractivity contribution in [2.24, 2.45) is 0 Å². The van der Waals surface area contributed by atoms with Crippen LogP contribution < -0.4 is 9.14 Å². The summed E-state index contributed by atoms with van der Waals surface area (Å²) in [5, 5.41) is 7.91. The maximum absolute atomic E-state index is 6.75. The van der Waals surface area contributed by atoms with E-state index in [4.69, 9.17) is 9.72 Å². The van der Waals surface area contributed by atoms with Gasteiger partial charge in [-0.05, 0) is 74.0 Å². The van der Waals surface area contributed by atoms with Gasteiger partial charge in [-0.2, -0.15) is 18.2 Å². The van der Waals surface area contributed by atoms with Gasteiger partial charge in [0.25, 0.3) is 0 Å². The van der Waals surface area contributed by atoms with Gasteiger partial charge in [0.1, 0.15) is 11.3 Å². The second-order valence-electron chi connectivity index (χ2n) is 18.0. The predicted molar refractivity (Wildman–Crippen MR) is 268 cm³/mol. The molecule has 0 unspecified atom stereocenters. The van der Waals surface area contributed by atoms with Gasteiger partial charge in [-0.15, -0.1) is 29.7 Å². The maximum Gasteiger partial charge on any atom is 0.196 e. The number of ether oxygens (including phenoxy) is 1. The van der Waals surface area contributed by atoms with Crippen molar-refractivity contribution in [3.8, 4) is 34.1 Å². The zero-order valence-corrected chi connectivity index (χ0v) is 39.2. The SMILES string of the molecule is CC(C)(C)c1ccnc(-n2c3[c-]c(Oc4[c-]c(-n5[c-][n+]6c7c(-c8ccccc8)cccc7c7ccccc7c7ccccc7n7c8ccccc8c5c76)ccc4)ccc3c3ccccc32)c1.[Pt]. The number of hydrogen-bond donors (Lipinski definition) is 0. The molecule has 0 bridgehead atoms. The Morgan fingerprint density at radius 3 is 1.91 bits per heavy atom. The zero-order valence-electron chi connectivity index (χ0n) is 36.9. The first-order valence-electron chi connectivity index (χ1n) is 22.4. The molecule has 0 saturated heterocycles. The van der Waals surface area contributed by atoms with Gasteiger partial charge in [-0.1, -0.05) is 159 Å². The average molecular weight is 1040 g/mol. The third kappa shape index (κ3) is 6.42. The van der Waals surface area contributed by atoms with Crippen molar-refractivity contribution in [2.45, 2.75) is 26.2 Å². The molecule has 7 heteroatoms. The molecule has 0 fully saturated rings. The minimum Gasteiger partial charge on any atom is -0.510 e. The summed E-state index contributed by atoms with van der Waals surface area (Å²) in [7, 11) is 0. The number of fused-ring (bicyclic) bond motifs is 13. The van der Waals surface area contributed by atoms with E-state index < -0.39 is 0 Å². The van der Waals surface area contributed by atoms with Gasteiger partial charge in [0.2, 0.25) is 0 Å². The van der Waals surface area contributed by atoms with E-state index >= 15 is 0 Å². The van der Waals surface area contributed by atoms with Crippen LogP contribution in [0, 0.1) is 18.5 Å². The summed E-state index contributed by atoms with van der Waals surface area (Å²) in [6.07, 6.45) is 5.82. The third-order valence-corrected chi connectivity index (χ3v) is 13.1. The molecule has 0 N–H and O–H groups in total. The van der Waals surface area contributed by atoms with Crippen LogP contribution in [0.4, 0.5) is 0 Å². The minimum absolute atomic E-state index is 0. The van der Waals surface area contributed by atoms with Gasteiger partial charge < -0.3 is 13.9 Å². The molecule has 67 heavy (non-hydrogen) atoms. The Morgan fingerprint density at radius 2 is 1.15 bits per heavy atom. The number of nitrogens with zero attached hydrogens (tertiary/aromatic N) is 5. The Balaban J connectivity index is 0.00000468. The molecular weight excluding hydrogens is 1000 g/mol. The Kier molecular flexibility index (Phi) is 9.53. The zero-order chi connectivity index (χ0) is 44.1. The van der Waals surface area contributed by atoms with Crippen molar-refractivity contribution in [2.75, 3.05) is 0 Å². The number of imidazole rings is 1. The van der Waals surface area contributed by atoms with Crippen LogP contribution in [0.3, 0.4) is 0 Å². The fourth-order valence-electron chi connectivity index (χ4n) is 10.0. The molecule has 13 aromatic rings. The number of benzene rings is 8. The van der Waals surface area contributed by atoms with Gasteiger partial charge in [0, 0.05) is 55.1 Å². The van der Waals surface area contributed by atoms with Gasteiger partial charge in [-0.3, -0.25) is 8.80 Å². The molecule has 0 aliphatic heterocycles. The molecule has 324 valence electrons. The maximum atomic E-state index is 6.75. The fraction of sp³-hybridized carbons (Fsp3) is 0.0667. The van der Waals surface area contributed by atoms with Crippen molar-refractivity contribution in [3.05, 3.63) is 218 Å². The Labute approximate surface area is 401 Å². The third-order valence-electron chi connectivity index (χ3n) is 13.1. The quantitative estimate of drug-likeness (QED) is 0.127. The monoisotopic (exact) mass is 1040 g/mol. The van der Waals surface area contributed by atoms with Crippen molar-refractivity contribution >= 4 is 76.5 Å². The summed E-state index contributed by atoms with van der Waals surface area (Å²) in [5.74, 6) is 1.99. The molecule has 0 spiro atoms. The van der Waals surface area contributed by atoms with Gasteiger partial charge >= 0.3 is 0 Å². The van der Waals surface area contributed by atoms with Crippen molar-refractivity contribution in [1.82, 2.24) is 18.5 Å². The van der Waals surface area contributed by atoms with Gasteiger partial charge in [-0.25, -0.2) is 4.98 Å². The summed E-state index contributed by atoms with van der Waals surface area (Å²) in [4.78, 5) is 4.88. The molecule has 0 aliphatic rings. The van der Waals surface area contributed by atoms with E-state index in [0.717, 1.165) is 93.7 Å². The second-order valence-corrected chi connectivity index (χ2v) is 18.0. The standard InChI is InChI=1S/C60H41N5O.Pt/c1-60(2,3)40-33-34-61-56(35-40)64-52-28-12-10-24-48(52)49-32-31-43(37-55(49)64)66-42-20-15-19-41(36-42)62-38-63-57-44(39-17-5-4-6-18-39)26-16-27-50(57)46-22-8-7-21-45(46)47-23-9-13-29-53(47)65-54-30-14-11-25-51(54)58(62)59(63)65;/h4-35H,1-3H3;/q-2;. The summed E-state index contributed by atoms with van der Waals surface area (Å²) >= 11 is 0. The molecular formula is C60H41N5OPt-2. The summed E-state index contributed by atoms with van der Waals surface area (Å²) in [5.41, 5.74) is 11.4. The van der Waals surface area contributed by atoms with Crippen molar-refractivity contribution in [3.63, 3.8) is 0 Å². The van der Waals surface area contributed by atoms with Crippen LogP contribution >= 0.6 is 0 Å². The molecule has 6 nitrogen and oxygen atoms in total. The normalized spacial score (nSPS) is 12.0. The molecule has 0 atom stereocenters. The van der Waals surface area contributed by atoms with Gasteiger partial charge in [0.15, 0.2) is 12.0 Å². The van der Waals surface area contributed by atoms with E-state index in [2.05, 4.69) is 227 Å². The molecule has 0 radical (unpaired) electrons. The van der Waals surface area contributed by atoms with Crippen molar-refractivity contribution < 1.29 is 30.2 Å². The van der Waals surface area contributed by atoms with Crippen LogP contribution in [0.15, 0.2) is 194 Å².